The molecule has 0 fully saturated rings. The van der Waals surface area contributed by atoms with Crippen LogP contribution in [0.3, 0.4) is 0 Å². The van der Waals surface area contributed by atoms with Crippen LogP contribution in [0.5, 0.6) is 0 Å². The van der Waals surface area contributed by atoms with Gasteiger partial charge in [0, 0.05) is 32.2 Å². The summed E-state index contributed by atoms with van der Waals surface area (Å²) in [5, 5.41) is 0. The van der Waals surface area contributed by atoms with Gasteiger partial charge >= 0.3 is 0 Å². The Morgan fingerprint density at radius 1 is 0.400 bits per heavy atom. The third-order valence-electron chi connectivity index (χ3n) is 11.1. The number of benzene rings is 7. The molecule has 7 aromatic rings. The van der Waals surface area contributed by atoms with Gasteiger partial charge in [-0.25, -0.2) is 0 Å². The number of fused-ring (bicyclic) bond motifs is 6. The average molecular weight is 709 g/mol. The Morgan fingerprint density at radius 3 is 1.66 bits per heavy atom. The zero-order valence-electron chi connectivity index (χ0n) is 28.8. The van der Waals surface area contributed by atoms with Crippen LogP contribution in [-0.2, 0) is 10.8 Å². The molecule has 0 amide bonds. The van der Waals surface area contributed by atoms with E-state index in [4.69, 9.17) is 0 Å². The van der Waals surface area contributed by atoms with E-state index in [1.165, 1.54) is 78.1 Å². The molecule has 2 heteroatoms. The molecule has 0 N–H and O–H groups in total. The van der Waals surface area contributed by atoms with Crippen LogP contribution in [0.25, 0.3) is 44.5 Å². The van der Waals surface area contributed by atoms with Crippen LogP contribution >= 0.6 is 15.9 Å². The van der Waals surface area contributed by atoms with Crippen LogP contribution in [0.15, 0.2) is 162 Å². The summed E-state index contributed by atoms with van der Waals surface area (Å²) in [6, 6.07) is 58.3. The molecule has 0 spiro atoms. The van der Waals surface area contributed by atoms with Gasteiger partial charge in [0.15, 0.2) is 0 Å². The van der Waals surface area contributed by atoms with E-state index in [0.717, 1.165) is 10.2 Å². The number of anilines is 3. The quantitative estimate of drug-likeness (QED) is 0.172. The summed E-state index contributed by atoms with van der Waals surface area (Å²) in [5.41, 5.74) is 18.9. The van der Waals surface area contributed by atoms with E-state index in [-0.39, 0.29) is 10.8 Å². The Bertz CT molecular complexity index is 2470. The van der Waals surface area contributed by atoms with E-state index in [9.17, 15) is 0 Å². The summed E-state index contributed by atoms with van der Waals surface area (Å²) < 4.78 is 1.08. The second-order valence-corrected chi connectivity index (χ2v) is 15.7. The minimum atomic E-state index is -0.102. The lowest BCUT2D eigenvalue weighted by molar-refractivity contribution is 0.660. The molecule has 0 saturated heterocycles. The van der Waals surface area contributed by atoms with Crippen molar-refractivity contribution in [3.63, 3.8) is 0 Å². The lowest BCUT2D eigenvalue weighted by atomic mass is 9.82. The van der Waals surface area contributed by atoms with Gasteiger partial charge in [0.25, 0.3) is 0 Å². The van der Waals surface area contributed by atoms with Crippen LogP contribution in [0.1, 0.15) is 49.9 Å². The predicted molar refractivity (Wildman–Crippen MR) is 215 cm³/mol. The summed E-state index contributed by atoms with van der Waals surface area (Å²) >= 11 is 3.66. The highest BCUT2D eigenvalue weighted by atomic mass is 79.9. The van der Waals surface area contributed by atoms with Crippen LogP contribution in [0, 0.1) is 0 Å². The second kappa shape index (κ2) is 11.4. The lowest BCUT2D eigenvalue weighted by Crippen LogP contribution is -2.17. The van der Waals surface area contributed by atoms with Gasteiger partial charge in [0.1, 0.15) is 0 Å². The fourth-order valence-corrected chi connectivity index (χ4v) is 8.95. The average Bonchev–Trinajstić information content (AvgIpc) is 3.52. The molecule has 0 atom stereocenters. The second-order valence-electron chi connectivity index (χ2n) is 14.7. The van der Waals surface area contributed by atoms with Gasteiger partial charge in [-0.1, -0.05) is 153 Å². The molecule has 0 saturated carbocycles. The number of hydrogen-bond acceptors (Lipinski definition) is 1. The van der Waals surface area contributed by atoms with Crippen molar-refractivity contribution in [1.29, 1.82) is 0 Å². The molecule has 50 heavy (non-hydrogen) atoms. The number of nitrogens with zero attached hydrogens (tertiary/aromatic N) is 1. The first-order valence-corrected chi connectivity index (χ1v) is 18.3. The van der Waals surface area contributed by atoms with Crippen molar-refractivity contribution in [1.82, 2.24) is 0 Å². The van der Waals surface area contributed by atoms with Crippen molar-refractivity contribution < 1.29 is 0 Å². The molecule has 2 aliphatic carbocycles. The van der Waals surface area contributed by atoms with Crippen molar-refractivity contribution >= 4 is 33.0 Å². The minimum Gasteiger partial charge on any atom is -0.310 e. The van der Waals surface area contributed by atoms with Crippen molar-refractivity contribution in [3.05, 3.63) is 184 Å². The first-order chi connectivity index (χ1) is 24.2. The SMILES string of the molecule is CC1(C)c2ccccc2-c2ccc(N(c3cccc(-c4cccc(-c5cccc(Br)c5)c4)c3)c3cccc4c3-c3ccccc3C4(C)C)cc21. The van der Waals surface area contributed by atoms with E-state index in [0.29, 0.717) is 0 Å². The molecule has 1 nitrogen and oxygen atoms in total. The molecule has 7 aromatic carbocycles. The van der Waals surface area contributed by atoms with E-state index in [1.54, 1.807) is 0 Å². The molecule has 9 rings (SSSR count). The maximum absolute atomic E-state index is 3.66. The molecular weight excluding hydrogens is 670 g/mol. The van der Waals surface area contributed by atoms with Crippen molar-refractivity contribution in [2.24, 2.45) is 0 Å². The smallest absolute Gasteiger partial charge is 0.0543 e. The zero-order chi connectivity index (χ0) is 34.2. The summed E-state index contributed by atoms with van der Waals surface area (Å²) in [6.07, 6.45) is 0. The third kappa shape index (κ3) is 4.73. The molecular formula is C48H38BrN. The van der Waals surface area contributed by atoms with E-state index >= 15 is 0 Å². The number of rotatable bonds is 5. The molecule has 0 aliphatic heterocycles. The summed E-state index contributed by atoms with van der Waals surface area (Å²) in [6.45, 7) is 9.45. The Labute approximate surface area is 304 Å². The highest BCUT2D eigenvalue weighted by Gasteiger charge is 2.39. The number of hydrogen-bond donors (Lipinski definition) is 0. The predicted octanol–water partition coefficient (Wildman–Crippen LogP) is 13.9. The molecule has 0 unspecified atom stereocenters. The first-order valence-electron chi connectivity index (χ1n) is 17.5. The van der Waals surface area contributed by atoms with Crippen molar-refractivity contribution in [2.75, 3.05) is 4.90 Å². The van der Waals surface area contributed by atoms with Gasteiger partial charge in [0.05, 0.1) is 5.69 Å². The molecule has 0 heterocycles. The highest BCUT2D eigenvalue weighted by molar-refractivity contribution is 9.10. The maximum Gasteiger partial charge on any atom is 0.0543 e. The van der Waals surface area contributed by atoms with Crippen molar-refractivity contribution in [2.45, 2.75) is 38.5 Å². The molecule has 2 aliphatic rings. The van der Waals surface area contributed by atoms with Gasteiger partial charge in [-0.3, -0.25) is 0 Å². The Kier molecular flexibility index (Phi) is 7.06. The summed E-state index contributed by atoms with van der Waals surface area (Å²) in [4.78, 5) is 2.50. The van der Waals surface area contributed by atoms with Gasteiger partial charge < -0.3 is 4.90 Å². The largest absolute Gasteiger partial charge is 0.310 e. The Balaban J connectivity index is 1.25. The van der Waals surface area contributed by atoms with Gasteiger partial charge in [0.2, 0.25) is 0 Å². The maximum atomic E-state index is 3.66. The van der Waals surface area contributed by atoms with E-state index in [2.05, 4.69) is 206 Å². The highest BCUT2D eigenvalue weighted by Crippen LogP contribution is 2.55. The fraction of sp³-hybridized carbons (Fsp3) is 0.125. The first kappa shape index (κ1) is 30.8. The van der Waals surface area contributed by atoms with Gasteiger partial charge in [-0.2, -0.15) is 0 Å². The van der Waals surface area contributed by atoms with E-state index in [1.807, 2.05) is 0 Å². The van der Waals surface area contributed by atoms with Crippen LogP contribution < -0.4 is 4.90 Å². The monoisotopic (exact) mass is 707 g/mol. The minimum absolute atomic E-state index is 0.0934. The summed E-state index contributed by atoms with van der Waals surface area (Å²) in [7, 11) is 0. The van der Waals surface area contributed by atoms with Crippen LogP contribution in [0.2, 0.25) is 0 Å². The fourth-order valence-electron chi connectivity index (χ4n) is 8.55. The Hall–Kier alpha value is -5.18. The van der Waals surface area contributed by atoms with Gasteiger partial charge in [-0.05, 0) is 110 Å². The van der Waals surface area contributed by atoms with Gasteiger partial charge in [-0.15, -0.1) is 0 Å². The van der Waals surface area contributed by atoms with E-state index < -0.39 is 0 Å². The van der Waals surface area contributed by atoms with Crippen LogP contribution in [-0.4, -0.2) is 0 Å². The van der Waals surface area contributed by atoms with Crippen LogP contribution in [0.4, 0.5) is 17.1 Å². The lowest BCUT2D eigenvalue weighted by Gasteiger charge is -2.30. The Morgan fingerprint density at radius 2 is 0.920 bits per heavy atom. The molecule has 0 aromatic heterocycles. The number of halogens is 1. The summed E-state index contributed by atoms with van der Waals surface area (Å²) in [5.74, 6) is 0. The topological polar surface area (TPSA) is 3.24 Å². The molecule has 0 radical (unpaired) electrons. The molecule has 242 valence electrons. The standard InChI is InChI=1S/C48H38BrN/c1-47(2)42-22-8-6-20-40(42)46-43(47)23-12-24-45(46)50(37-25-26-39-38-19-5-7-21-41(38)48(3,4)44(39)30-37)36-18-11-16-34(29-36)32-14-9-13-31(27-32)33-15-10-17-35(49)28-33/h5-30H,1-4H3. The molecule has 0 bridgehead atoms. The zero-order valence-corrected chi connectivity index (χ0v) is 30.4. The normalized spacial score (nSPS) is 14.4. The third-order valence-corrected chi connectivity index (χ3v) is 11.6. The van der Waals surface area contributed by atoms with Crippen molar-refractivity contribution in [3.8, 4) is 44.5 Å².